The number of aromatic nitrogens is 1. The fraction of sp³-hybridized carbons (Fsp3) is 0.0714. The van der Waals surface area contributed by atoms with Gasteiger partial charge in [0.2, 0.25) is 0 Å². The molecule has 0 saturated heterocycles. The summed E-state index contributed by atoms with van der Waals surface area (Å²) in [5.74, 6) is 0. The van der Waals surface area contributed by atoms with Crippen molar-refractivity contribution in [2.75, 3.05) is 0 Å². The van der Waals surface area contributed by atoms with Gasteiger partial charge in [-0.1, -0.05) is 42.5 Å². The number of para-hydroxylation sites is 1. The van der Waals surface area contributed by atoms with Crippen molar-refractivity contribution in [2.24, 2.45) is 0 Å². The normalized spacial score (nSPS) is 15.1. The van der Waals surface area contributed by atoms with E-state index in [0.717, 1.165) is 16.9 Å². The van der Waals surface area contributed by atoms with E-state index in [0.29, 0.717) is 0 Å². The zero-order valence-electron chi connectivity index (χ0n) is 8.76. The molecule has 1 aromatic heterocycles. The monoisotopic (exact) mass is 225 g/mol. The Kier molecular flexibility index (Phi) is 2.43. The van der Waals surface area contributed by atoms with Crippen molar-refractivity contribution >= 4 is 27.1 Å². The Balaban J connectivity index is 2.12. The molecular formula is C14H11NS. The first-order chi connectivity index (χ1) is 7.93. The van der Waals surface area contributed by atoms with Crippen molar-refractivity contribution in [3.05, 3.63) is 59.7 Å². The number of nitrogens with zero attached hydrogens (tertiary/aromatic N) is 1. The van der Waals surface area contributed by atoms with E-state index in [2.05, 4.69) is 53.6 Å². The lowest BCUT2D eigenvalue weighted by Gasteiger charge is -1.92. The van der Waals surface area contributed by atoms with Gasteiger partial charge in [-0.15, -0.1) is 11.3 Å². The zero-order valence-corrected chi connectivity index (χ0v) is 9.58. The van der Waals surface area contributed by atoms with Gasteiger partial charge in [-0.3, -0.25) is 0 Å². The first-order valence-electron chi connectivity index (χ1n) is 5.33. The molecule has 1 aliphatic carbocycles. The lowest BCUT2D eigenvalue weighted by Crippen LogP contribution is -1.77. The van der Waals surface area contributed by atoms with Crippen LogP contribution in [0.1, 0.15) is 11.4 Å². The standard InChI is InChI=1S/C14H11NS/c1-2-4-8-11(7-3-1)14-15-12-9-5-6-10-13(12)16-14/h1,3-10H,2H2. The number of allylic oxidation sites excluding steroid dienone is 6. The molecule has 0 bridgehead atoms. The molecular weight excluding hydrogens is 214 g/mol. The number of rotatable bonds is 1. The van der Waals surface area contributed by atoms with Crippen molar-refractivity contribution in [1.82, 2.24) is 4.98 Å². The maximum Gasteiger partial charge on any atom is 0.124 e. The van der Waals surface area contributed by atoms with Crippen LogP contribution in [-0.4, -0.2) is 4.98 Å². The fourth-order valence-corrected chi connectivity index (χ4v) is 2.69. The Morgan fingerprint density at radius 3 is 3.00 bits per heavy atom. The highest BCUT2D eigenvalue weighted by atomic mass is 32.1. The van der Waals surface area contributed by atoms with Crippen molar-refractivity contribution in [1.29, 1.82) is 0 Å². The molecule has 1 aromatic carbocycles. The number of benzene rings is 1. The third kappa shape index (κ3) is 1.72. The third-order valence-electron chi connectivity index (χ3n) is 2.52. The van der Waals surface area contributed by atoms with E-state index < -0.39 is 0 Å². The van der Waals surface area contributed by atoms with Gasteiger partial charge in [0.1, 0.15) is 5.01 Å². The van der Waals surface area contributed by atoms with Gasteiger partial charge < -0.3 is 0 Å². The quantitative estimate of drug-likeness (QED) is 0.709. The molecule has 0 N–H and O–H groups in total. The SMILES string of the molecule is C1=CCC=CC(c2nc3ccccc3s2)=C1. The maximum absolute atomic E-state index is 4.64. The largest absolute Gasteiger partial charge is 0.236 e. The Morgan fingerprint density at radius 1 is 1.12 bits per heavy atom. The van der Waals surface area contributed by atoms with Gasteiger partial charge in [0.15, 0.2) is 0 Å². The van der Waals surface area contributed by atoms with Gasteiger partial charge in [0, 0.05) is 5.57 Å². The molecule has 3 rings (SSSR count). The molecule has 1 aliphatic rings. The maximum atomic E-state index is 4.64. The lowest BCUT2D eigenvalue weighted by atomic mass is 10.2. The van der Waals surface area contributed by atoms with Crippen LogP contribution in [0.5, 0.6) is 0 Å². The second-order valence-corrected chi connectivity index (χ2v) is 4.71. The summed E-state index contributed by atoms with van der Waals surface area (Å²) in [6.07, 6.45) is 11.7. The minimum atomic E-state index is 1.00. The van der Waals surface area contributed by atoms with Crippen molar-refractivity contribution in [3.63, 3.8) is 0 Å². The van der Waals surface area contributed by atoms with Crippen LogP contribution >= 0.6 is 11.3 Å². The molecule has 0 unspecified atom stereocenters. The Morgan fingerprint density at radius 2 is 2.06 bits per heavy atom. The fourth-order valence-electron chi connectivity index (χ4n) is 1.72. The van der Waals surface area contributed by atoms with E-state index in [1.165, 1.54) is 10.3 Å². The summed E-state index contributed by atoms with van der Waals surface area (Å²) in [6.45, 7) is 0. The lowest BCUT2D eigenvalue weighted by molar-refractivity contribution is 1.40. The Bertz CT molecular complexity index is 569. The summed E-state index contributed by atoms with van der Waals surface area (Å²) in [6, 6.07) is 8.27. The van der Waals surface area contributed by atoms with Gasteiger partial charge in [0.05, 0.1) is 10.2 Å². The molecule has 16 heavy (non-hydrogen) atoms. The number of hydrogen-bond acceptors (Lipinski definition) is 2. The van der Waals surface area contributed by atoms with Crippen LogP contribution in [0.2, 0.25) is 0 Å². The molecule has 0 saturated carbocycles. The summed E-state index contributed by atoms with van der Waals surface area (Å²) < 4.78 is 1.25. The van der Waals surface area contributed by atoms with Gasteiger partial charge in [-0.2, -0.15) is 0 Å². The van der Waals surface area contributed by atoms with Crippen LogP contribution in [0.3, 0.4) is 0 Å². The molecule has 1 nitrogen and oxygen atoms in total. The van der Waals surface area contributed by atoms with Gasteiger partial charge >= 0.3 is 0 Å². The molecule has 0 aliphatic heterocycles. The van der Waals surface area contributed by atoms with Crippen molar-refractivity contribution in [2.45, 2.75) is 6.42 Å². The Hall–Kier alpha value is -1.67. The number of fused-ring (bicyclic) bond motifs is 1. The second kappa shape index (κ2) is 4.06. The summed E-state index contributed by atoms with van der Waals surface area (Å²) in [5, 5.41) is 1.10. The smallest absolute Gasteiger partial charge is 0.124 e. The van der Waals surface area contributed by atoms with E-state index in [1.54, 1.807) is 11.3 Å². The van der Waals surface area contributed by atoms with Gasteiger partial charge in [-0.05, 0) is 18.6 Å². The van der Waals surface area contributed by atoms with E-state index in [4.69, 9.17) is 0 Å². The van der Waals surface area contributed by atoms with Crippen LogP contribution in [-0.2, 0) is 0 Å². The first kappa shape index (κ1) is 9.55. The van der Waals surface area contributed by atoms with E-state index in [1.807, 2.05) is 6.07 Å². The molecule has 0 fully saturated rings. The second-order valence-electron chi connectivity index (χ2n) is 3.67. The average molecular weight is 225 g/mol. The van der Waals surface area contributed by atoms with Crippen molar-refractivity contribution in [3.8, 4) is 0 Å². The molecule has 0 radical (unpaired) electrons. The molecule has 78 valence electrons. The van der Waals surface area contributed by atoms with Crippen LogP contribution in [0.25, 0.3) is 15.8 Å². The number of thiazole rings is 1. The minimum absolute atomic E-state index is 1.00. The number of hydrogen-bond donors (Lipinski definition) is 0. The molecule has 1 heterocycles. The average Bonchev–Trinajstić information content (AvgIpc) is 2.56. The van der Waals surface area contributed by atoms with E-state index in [9.17, 15) is 0 Å². The zero-order chi connectivity index (χ0) is 10.8. The highest BCUT2D eigenvalue weighted by Crippen LogP contribution is 2.28. The van der Waals surface area contributed by atoms with Crippen LogP contribution < -0.4 is 0 Å². The predicted octanol–water partition coefficient (Wildman–Crippen LogP) is 4.20. The van der Waals surface area contributed by atoms with Crippen LogP contribution in [0.4, 0.5) is 0 Å². The summed E-state index contributed by atoms with van der Waals surface area (Å²) >= 11 is 1.75. The Labute approximate surface area is 98.5 Å². The van der Waals surface area contributed by atoms with E-state index >= 15 is 0 Å². The minimum Gasteiger partial charge on any atom is -0.236 e. The highest BCUT2D eigenvalue weighted by Gasteiger charge is 2.05. The summed E-state index contributed by atoms with van der Waals surface area (Å²) in [5.41, 5.74) is 2.29. The van der Waals surface area contributed by atoms with Crippen LogP contribution in [0, 0.1) is 0 Å². The van der Waals surface area contributed by atoms with E-state index in [-0.39, 0.29) is 0 Å². The first-order valence-corrected chi connectivity index (χ1v) is 6.14. The third-order valence-corrected chi connectivity index (χ3v) is 3.61. The molecule has 0 spiro atoms. The van der Waals surface area contributed by atoms with Crippen LogP contribution in [0.15, 0.2) is 54.6 Å². The highest BCUT2D eigenvalue weighted by molar-refractivity contribution is 7.19. The van der Waals surface area contributed by atoms with Gasteiger partial charge in [0.25, 0.3) is 0 Å². The summed E-state index contributed by atoms with van der Waals surface area (Å²) in [4.78, 5) is 4.64. The molecule has 2 aromatic rings. The predicted molar refractivity (Wildman–Crippen MR) is 70.5 cm³/mol. The molecule has 0 amide bonds. The van der Waals surface area contributed by atoms with Gasteiger partial charge in [-0.25, -0.2) is 4.98 Å². The topological polar surface area (TPSA) is 12.9 Å². The summed E-state index contributed by atoms with van der Waals surface area (Å²) in [7, 11) is 0. The van der Waals surface area contributed by atoms with Crippen molar-refractivity contribution < 1.29 is 0 Å². The molecule has 0 atom stereocenters. The molecule has 2 heteroatoms.